The monoisotopic (exact) mass is 262 g/mol. The van der Waals surface area contributed by atoms with E-state index in [0.29, 0.717) is 23.7 Å². The van der Waals surface area contributed by atoms with Crippen LogP contribution in [0.3, 0.4) is 0 Å². The van der Waals surface area contributed by atoms with Gasteiger partial charge in [0.05, 0.1) is 5.88 Å². The van der Waals surface area contributed by atoms with Gasteiger partial charge in [-0.1, -0.05) is 0 Å². The molecule has 5 heteroatoms. The molecule has 0 unspecified atom stereocenters. The molecular weight excluding hydrogens is 244 g/mol. The van der Waals surface area contributed by atoms with Crippen LogP contribution in [-0.2, 0) is 15.4 Å². The third-order valence-electron chi connectivity index (χ3n) is 1.73. The largest absolute Gasteiger partial charge is 0.457 e. The number of rotatable bonds is 6. The van der Waals surface area contributed by atoms with Crippen molar-refractivity contribution in [3.05, 3.63) is 23.7 Å². The van der Waals surface area contributed by atoms with Gasteiger partial charge in [0, 0.05) is 13.2 Å². The standard InChI is InChI=1S/C6H5ClO2.C6H14O2/c7-3-5-1-2-6(4-8)9-5;1-4-7-6(3)8-5-2/h1-2,4H,3H2;6H,4-5H2,1-3H3. The Bertz CT molecular complexity index is 292. The molecule has 0 saturated heterocycles. The molecule has 0 saturated carbocycles. The number of carbonyl (C=O) groups is 1. The summed E-state index contributed by atoms with van der Waals surface area (Å²) in [5, 5.41) is 0. The third-order valence-corrected chi connectivity index (χ3v) is 2.00. The van der Waals surface area contributed by atoms with E-state index in [1.807, 2.05) is 20.8 Å². The van der Waals surface area contributed by atoms with Crippen LogP contribution in [0.1, 0.15) is 37.1 Å². The number of carbonyl (C=O) groups excluding carboxylic acids is 1. The lowest BCUT2D eigenvalue weighted by Gasteiger charge is -2.09. The summed E-state index contributed by atoms with van der Waals surface area (Å²) in [6, 6.07) is 3.27. The molecule has 1 heterocycles. The van der Waals surface area contributed by atoms with E-state index < -0.39 is 0 Å². The molecule has 0 aromatic carbocycles. The molecule has 0 bridgehead atoms. The number of furan rings is 1. The average molecular weight is 263 g/mol. The molecule has 0 spiro atoms. The van der Waals surface area contributed by atoms with E-state index in [1.165, 1.54) is 0 Å². The highest BCUT2D eigenvalue weighted by Gasteiger charge is 1.96. The van der Waals surface area contributed by atoms with Gasteiger partial charge in [-0.2, -0.15) is 0 Å². The van der Waals surface area contributed by atoms with Crippen molar-refractivity contribution in [2.75, 3.05) is 13.2 Å². The number of hydrogen-bond acceptors (Lipinski definition) is 4. The maximum Gasteiger partial charge on any atom is 0.185 e. The second-order valence-electron chi connectivity index (χ2n) is 3.03. The zero-order valence-electron chi connectivity index (χ0n) is 10.4. The highest BCUT2D eigenvalue weighted by Crippen LogP contribution is 2.07. The number of aldehydes is 1. The molecule has 0 fully saturated rings. The van der Waals surface area contributed by atoms with Crippen molar-refractivity contribution in [1.82, 2.24) is 0 Å². The zero-order valence-corrected chi connectivity index (χ0v) is 11.2. The molecule has 0 atom stereocenters. The van der Waals surface area contributed by atoms with Crippen LogP contribution >= 0.6 is 11.6 Å². The summed E-state index contributed by atoms with van der Waals surface area (Å²) in [5.41, 5.74) is 0. The van der Waals surface area contributed by atoms with E-state index in [9.17, 15) is 4.79 Å². The molecule has 4 nitrogen and oxygen atoms in total. The Kier molecular flexibility index (Phi) is 9.81. The number of halogens is 1. The lowest BCUT2D eigenvalue weighted by Crippen LogP contribution is -2.11. The quantitative estimate of drug-likeness (QED) is 0.449. The lowest BCUT2D eigenvalue weighted by molar-refractivity contribution is -0.123. The molecule has 0 radical (unpaired) electrons. The highest BCUT2D eigenvalue weighted by atomic mass is 35.5. The summed E-state index contributed by atoms with van der Waals surface area (Å²) < 4.78 is 15.0. The van der Waals surface area contributed by atoms with Gasteiger partial charge in [-0.25, -0.2) is 0 Å². The van der Waals surface area contributed by atoms with Gasteiger partial charge in [0.2, 0.25) is 0 Å². The minimum Gasteiger partial charge on any atom is -0.457 e. The minimum absolute atomic E-state index is 0.0370. The maximum atomic E-state index is 10.00. The summed E-state index contributed by atoms with van der Waals surface area (Å²) in [7, 11) is 0. The molecule has 1 rings (SSSR count). The van der Waals surface area contributed by atoms with Gasteiger partial charge >= 0.3 is 0 Å². The van der Waals surface area contributed by atoms with Crippen molar-refractivity contribution in [2.45, 2.75) is 32.9 Å². The topological polar surface area (TPSA) is 48.7 Å². The number of ether oxygens (including phenoxy) is 2. The van der Waals surface area contributed by atoms with E-state index >= 15 is 0 Å². The fourth-order valence-electron chi connectivity index (χ4n) is 1.05. The first-order chi connectivity index (χ1) is 8.17. The summed E-state index contributed by atoms with van der Waals surface area (Å²) in [4.78, 5) is 10.00. The van der Waals surface area contributed by atoms with Crippen molar-refractivity contribution >= 4 is 17.9 Å². The van der Waals surface area contributed by atoms with Crippen LogP contribution in [0.25, 0.3) is 0 Å². The van der Waals surface area contributed by atoms with Crippen molar-refractivity contribution in [3.63, 3.8) is 0 Å². The molecule has 0 aliphatic rings. The smallest absolute Gasteiger partial charge is 0.185 e. The van der Waals surface area contributed by atoms with Crippen LogP contribution in [0.2, 0.25) is 0 Å². The number of hydrogen-bond donors (Lipinski definition) is 0. The Morgan fingerprint density at radius 3 is 2.24 bits per heavy atom. The predicted octanol–water partition coefficient (Wildman–Crippen LogP) is 3.24. The molecule has 0 amide bonds. The number of alkyl halides is 1. The zero-order chi connectivity index (χ0) is 13.1. The van der Waals surface area contributed by atoms with Crippen LogP contribution in [0.4, 0.5) is 0 Å². The van der Waals surface area contributed by atoms with Crippen LogP contribution < -0.4 is 0 Å². The van der Waals surface area contributed by atoms with Gasteiger partial charge in [0.15, 0.2) is 18.3 Å². The Morgan fingerprint density at radius 2 is 1.94 bits per heavy atom. The van der Waals surface area contributed by atoms with Gasteiger partial charge in [0.25, 0.3) is 0 Å². The fraction of sp³-hybridized carbons (Fsp3) is 0.583. The van der Waals surface area contributed by atoms with Gasteiger partial charge in [-0.3, -0.25) is 4.79 Å². The van der Waals surface area contributed by atoms with E-state index in [1.54, 1.807) is 12.1 Å². The van der Waals surface area contributed by atoms with Gasteiger partial charge in [0.1, 0.15) is 5.76 Å². The van der Waals surface area contributed by atoms with Gasteiger partial charge in [-0.05, 0) is 32.9 Å². The lowest BCUT2D eigenvalue weighted by atomic mass is 10.4. The first kappa shape index (κ1) is 16.2. The van der Waals surface area contributed by atoms with Crippen LogP contribution in [0.15, 0.2) is 16.5 Å². The molecule has 0 aliphatic heterocycles. The van der Waals surface area contributed by atoms with E-state index in [2.05, 4.69) is 0 Å². The minimum atomic E-state index is -0.0370. The Hall–Kier alpha value is -0.840. The van der Waals surface area contributed by atoms with Crippen molar-refractivity contribution in [2.24, 2.45) is 0 Å². The fourth-order valence-corrected chi connectivity index (χ4v) is 1.19. The molecule has 1 aromatic heterocycles. The van der Waals surface area contributed by atoms with Crippen molar-refractivity contribution in [3.8, 4) is 0 Å². The molecule has 17 heavy (non-hydrogen) atoms. The SMILES string of the molecule is CCOC(C)OCC.O=Cc1ccc(CCl)o1. The predicted molar refractivity (Wildman–Crippen MR) is 66.4 cm³/mol. The second kappa shape index (κ2) is 10.3. The first-order valence-corrected chi connectivity index (χ1v) is 6.04. The van der Waals surface area contributed by atoms with Gasteiger partial charge in [-0.15, -0.1) is 11.6 Å². The van der Waals surface area contributed by atoms with Crippen LogP contribution in [0, 0.1) is 0 Å². The van der Waals surface area contributed by atoms with E-state index in [-0.39, 0.29) is 6.29 Å². The van der Waals surface area contributed by atoms with Crippen molar-refractivity contribution in [1.29, 1.82) is 0 Å². The molecule has 0 N–H and O–H groups in total. The molecular formula is C12H19ClO4. The Balaban J connectivity index is 0.000000304. The maximum absolute atomic E-state index is 10.00. The summed E-state index contributed by atoms with van der Waals surface area (Å²) in [6.07, 6.45) is 0.612. The van der Waals surface area contributed by atoms with Crippen LogP contribution in [0.5, 0.6) is 0 Å². The van der Waals surface area contributed by atoms with Crippen LogP contribution in [-0.4, -0.2) is 25.8 Å². The Morgan fingerprint density at radius 1 is 1.35 bits per heavy atom. The third kappa shape index (κ3) is 7.96. The second-order valence-corrected chi connectivity index (χ2v) is 3.30. The average Bonchev–Trinajstić information content (AvgIpc) is 2.78. The van der Waals surface area contributed by atoms with E-state index in [4.69, 9.17) is 25.5 Å². The molecule has 0 aliphatic carbocycles. The summed E-state index contributed by atoms with van der Waals surface area (Å²) in [5.74, 6) is 1.26. The van der Waals surface area contributed by atoms with E-state index in [0.717, 1.165) is 13.2 Å². The highest BCUT2D eigenvalue weighted by molar-refractivity contribution is 6.16. The molecule has 98 valence electrons. The first-order valence-electron chi connectivity index (χ1n) is 5.50. The normalized spacial score (nSPS) is 9.94. The Labute approximate surface area is 107 Å². The summed E-state index contributed by atoms with van der Waals surface area (Å²) >= 11 is 5.39. The van der Waals surface area contributed by atoms with Crippen molar-refractivity contribution < 1.29 is 18.7 Å². The molecule has 1 aromatic rings. The summed E-state index contributed by atoms with van der Waals surface area (Å²) in [6.45, 7) is 7.25. The van der Waals surface area contributed by atoms with Gasteiger partial charge < -0.3 is 13.9 Å².